The van der Waals surface area contributed by atoms with Crippen molar-refractivity contribution in [2.24, 2.45) is 0 Å². The third-order valence-electron chi connectivity index (χ3n) is 2.12. The van der Waals surface area contributed by atoms with Crippen LogP contribution in [0.25, 0.3) is 0 Å². The van der Waals surface area contributed by atoms with Gasteiger partial charge in [0, 0.05) is 38.7 Å². The van der Waals surface area contributed by atoms with E-state index < -0.39 is 10.8 Å². The number of aromatic nitrogens is 1. The standard InChI is InChI=1S/C11H12N2OS2/c1-16(14)11-4-2-3-9(5-11)13-7-10-6-12-8-15-10/h2-6,8,13H,7H2,1H3. The van der Waals surface area contributed by atoms with E-state index in [0.717, 1.165) is 17.1 Å². The Kier molecular flexibility index (Phi) is 3.69. The van der Waals surface area contributed by atoms with Crippen molar-refractivity contribution in [3.8, 4) is 0 Å². The minimum atomic E-state index is -0.929. The molecule has 0 radical (unpaired) electrons. The number of hydrogen-bond donors (Lipinski definition) is 1. The van der Waals surface area contributed by atoms with Crippen LogP contribution >= 0.6 is 11.3 Å². The first-order valence-electron chi connectivity index (χ1n) is 4.80. The zero-order valence-corrected chi connectivity index (χ0v) is 10.5. The van der Waals surface area contributed by atoms with Crippen LogP contribution in [0.2, 0.25) is 0 Å². The zero-order valence-electron chi connectivity index (χ0n) is 8.84. The van der Waals surface area contributed by atoms with Gasteiger partial charge < -0.3 is 5.32 Å². The van der Waals surface area contributed by atoms with Crippen molar-refractivity contribution in [2.45, 2.75) is 11.4 Å². The molecule has 1 aromatic heterocycles. The number of anilines is 1. The summed E-state index contributed by atoms with van der Waals surface area (Å²) in [6.45, 7) is 0.754. The van der Waals surface area contributed by atoms with E-state index in [-0.39, 0.29) is 0 Å². The average molecular weight is 252 g/mol. The average Bonchev–Trinajstić information content (AvgIpc) is 2.79. The van der Waals surface area contributed by atoms with Crippen LogP contribution in [-0.4, -0.2) is 15.4 Å². The minimum Gasteiger partial charge on any atom is -0.380 e. The summed E-state index contributed by atoms with van der Waals surface area (Å²) < 4.78 is 11.3. The van der Waals surface area contributed by atoms with Gasteiger partial charge in [-0.15, -0.1) is 11.3 Å². The van der Waals surface area contributed by atoms with Gasteiger partial charge in [0.25, 0.3) is 0 Å². The normalized spacial score (nSPS) is 12.3. The highest BCUT2D eigenvalue weighted by Crippen LogP contribution is 2.15. The lowest BCUT2D eigenvalue weighted by atomic mass is 10.3. The monoisotopic (exact) mass is 252 g/mol. The molecule has 3 nitrogen and oxygen atoms in total. The summed E-state index contributed by atoms with van der Waals surface area (Å²) >= 11 is 1.62. The summed E-state index contributed by atoms with van der Waals surface area (Å²) in [5.41, 5.74) is 2.80. The van der Waals surface area contributed by atoms with Crippen molar-refractivity contribution in [1.82, 2.24) is 4.98 Å². The van der Waals surface area contributed by atoms with Gasteiger partial charge in [-0.25, -0.2) is 0 Å². The van der Waals surface area contributed by atoms with E-state index in [9.17, 15) is 4.21 Å². The molecule has 0 aliphatic heterocycles. The molecule has 16 heavy (non-hydrogen) atoms. The second-order valence-corrected chi connectivity index (χ2v) is 5.65. The topological polar surface area (TPSA) is 42.0 Å². The molecule has 0 saturated heterocycles. The van der Waals surface area contributed by atoms with E-state index in [1.807, 2.05) is 36.0 Å². The van der Waals surface area contributed by atoms with E-state index in [0.29, 0.717) is 0 Å². The Bertz CT molecular complexity index is 482. The van der Waals surface area contributed by atoms with Crippen molar-refractivity contribution < 1.29 is 4.21 Å². The lowest BCUT2D eigenvalue weighted by molar-refractivity contribution is 0.687. The van der Waals surface area contributed by atoms with E-state index in [1.54, 1.807) is 17.6 Å². The predicted octanol–water partition coefficient (Wildman–Crippen LogP) is 2.49. The maximum Gasteiger partial charge on any atom is 0.0794 e. The van der Waals surface area contributed by atoms with Gasteiger partial charge in [-0.2, -0.15) is 0 Å². The Morgan fingerprint density at radius 3 is 3.06 bits per heavy atom. The van der Waals surface area contributed by atoms with Gasteiger partial charge in [0.15, 0.2) is 0 Å². The van der Waals surface area contributed by atoms with Gasteiger partial charge in [0.05, 0.1) is 12.1 Å². The Labute approximate surface area is 101 Å². The lowest BCUT2D eigenvalue weighted by Crippen LogP contribution is -1.98. The van der Waals surface area contributed by atoms with E-state index in [4.69, 9.17) is 0 Å². The van der Waals surface area contributed by atoms with E-state index in [1.165, 1.54) is 4.88 Å². The molecule has 2 aromatic rings. The molecule has 1 heterocycles. The van der Waals surface area contributed by atoms with Crippen molar-refractivity contribution in [3.05, 3.63) is 40.8 Å². The summed E-state index contributed by atoms with van der Waals surface area (Å²) in [5, 5.41) is 3.28. The fraction of sp³-hybridized carbons (Fsp3) is 0.182. The van der Waals surface area contributed by atoms with Crippen molar-refractivity contribution >= 4 is 27.8 Å². The largest absolute Gasteiger partial charge is 0.380 e. The zero-order chi connectivity index (χ0) is 11.4. The third kappa shape index (κ3) is 2.90. The summed E-state index contributed by atoms with van der Waals surface area (Å²) in [7, 11) is -0.929. The summed E-state index contributed by atoms with van der Waals surface area (Å²) in [4.78, 5) is 6.04. The molecule has 0 aliphatic carbocycles. The Morgan fingerprint density at radius 2 is 2.38 bits per heavy atom. The fourth-order valence-corrected chi connectivity index (χ4v) is 2.40. The Hall–Kier alpha value is -1.20. The SMILES string of the molecule is CS(=O)c1cccc(NCc2cncs2)c1. The maximum absolute atomic E-state index is 11.3. The van der Waals surface area contributed by atoms with Gasteiger partial charge >= 0.3 is 0 Å². The third-order valence-corrected chi connectivity index (χ3v) is 3.81. The van der Waals surface area contributed by atoms with Crippen LogP contribution in [0.4, 0.5) is 5.69 Å². The van der Waals surface area contributed by atoms with Crippen LogP contribution in [-0.2, 0) is 17.3 Å². The smallest absolute Gasteiger partial charge is 0.0794 e. The van der Waals surface area contributed by atoms with Crippen molar-refractivity contribution in [3.63, 3.8) is 0 Å². The van der Waals surface area contributed by atoms with Gasteiger partial charge in [-0.1, -0.05) is 6.07 Å². The van der Waals surface area contributed by atoms with Crippen LogP contribution < -0.4 is 5.32 Å². The molecule has 1 aromatic carbocycles. The van der Waals surface area contributed by atoms with Gasteiger partial charge in [0.2, 0.25) is 0 Å². The molecular weight excluding hydrogens is 240 g/mol. The van der Waals surface area contributed by atoms with Gasteiger partial charge in [0.1, 0.15) is 0 Å². The van der Waals surface area contributed by atoms with Crippen LogP contribution in [0.1, 0.15) is 4.88 Å². The maximum atomic E-state index is 11.3. The van der Waals surface area contributed by atoms with E-state index in [2.05, 4.69) is 10.3 Å². The van der Waals surface area contributed by atoms with Crippen molar-refractivity contribution in [2.75, 3.05) is 11.6 Å². The fourth-order valence-electron chi connectivity index (χ4n) is 1.30. The molecule has 5 heteroatoms. The number of hydrogen-bond acceptors (Lipinski definition) is 4. The van der Waals surface area contributed by atoms with Crippen molar-refractivity contribution in [1.29, 1.82) is 0 Å². The predicted molar refractivity (Wildman–Crippen MR) is 68.2 cm³/mol. The molecule has 0 amide bonds. The first-order valence-corrected chi connectivity index (χ1v) is 7.24. The summed E-state index contributed by atoms with van der Waals surface area (Å²) in [6.07, 6.45) is 3.53. The molecule has 1 atom stereocenters. The highest BCUT2D eigenvalue weighted by atomic mass is 32.2. The van der Waals surface area contributed by atoms with Crippen LogP contribution in [0.5, 0.6) is 0 Å². The van der Waals surface area contributed by atoms with Crippen LogP contribution in [0, 0.1) is 0 Å². The number of thiazole rings is 1. The summed E-state index contributed by atoms with van der Waals surface area (Å²) in [5.74, 6) is 0. The Morgan fingerprint density at radius 1 is 1.50 bits per heavy atom. The summed E-state index contributed by atoms with van der Waals surface area (Å²) in [6, 6.07) is 7.66. The number of benzene rings is 1. The lowest BCUT2D eigenvalue weighted by Gasteiger charge is -2.05. The molecule has 0 saturated carbocycles. The molecule has 0 bridgehead atoms. The molecule has 1 unspecified atom stereocenters. The highest BCUT2D eigenvalue weighted by molar-refractivity contribution is 7.84. The minimum absolute atomic E-state index is 0.754. The number of rotatable bonds is 4. The van der Waals surface area contributed by atoms with Crippen LogP contribution in [0.3, 0.4) is 0 Å². The second kappa shape index (κ2) is 5.23. The number of nitrogens with one attached hydrogen (secondary N) is 1. The first-order chi connectivity index (χ1) is 7.75. The number of nitrogens with zero attached hydrogens (tertiary/aromatic N) is 1. The second-order valence-electron chi connectivity index (χ2n) is 3.30. The first kappa shape index (κ1) is 11.3. The Balaban J connectivity index is 2.04. The molecule has 2 rings (SSSR count). The van der Waals surface area contributed by atoms with Gasteiger partial charge in [-0.05, 0) is 18.2 Å². The van der Waals surface area contributed by atoms with E-state index >= 15 is 0 Å². The van der Waals surface area contributed by atoms with Crippen LogP contribution in [0.15, 0.2) is 40.9 Å². The quantitative estimate of drug-likeness (QED) is 0.909. The highest BCUT2D eigenvalue weighted by Gasteiger charge is 1.99. The molecule has 0 fully saturated rings. The molecular formula is C11H12N2OS2. The molecule has 0 spiro atoms. The molecule has 1 N–H and O–H groups in total. The molecule has 0 aliphatic rings. The van der Waals surface area contributed by atoms with Gasteiger partial charge in [-0.3, -0.25) is 9.19 Å². The molecule has 84 valence electrons.